The van der Waals surface area contributed by atoms with E-state index in [2.05, 4.69) is 15.1 Å². The molecule has 0 radical (unpaired) electrons. The molecule has 0 bridgehead atoms. The molecular formula is C19H25F2N5O. The summed E-state index contributed by atoms with van der Waals surface area (Å²) in [5.41, 5.74) is 0.385. The number of hydrogen-bond donors (Lipinski definition) is 0. The minimum Gasteiger partial charge on any atom is -0.342 e. The minimum absolute atomic E-state index is 0.0339. The van der Waals surface area contributed by atoms with Gasteiger partial charge in [-0.05, 0) is 31.2 Å². The van der Waals surface area contributed by atoms with Gasteiger partial charge in [0.05, 0.1) is 5.69 Å². The number of amides is 1. The average Bonchev–Trinajstić information content (AvgIpc) is 3.36. The molecule has 0 unspecified atom stereocenters. The first-order valence-electron chi connectivity index (χ1n) is 9.88. The van der Waals surface area contributed by atoms with Crippen molar-refractivity contribution in [2.45, 2.75) is 63.7 Å². The maximum atomic E-state index is 13.4. The molecule has 2 aromatic heterocycles. The van der Waals surface area contributed by atoms with Gasteiger partial charge in [0, 0.05) is 25.4 Å². The van der Waals surface area contributed by atoms with Crippen molar-refractivity contribution < 1.29 is 13.6 Å². The summed E-state index contributed by atoms with van der Waals surface area (Å²) in [5.74, 6) is 1.03. The van der Waals surface area contributed by atoms with E-state index in [0.29, 0.717) is 24.6 Å². The van der Waals surface area contributed by atoms with E-state index in [9.17, 15) is 13.6 Å². The van der Waals surface area contributed by atoms with Crippen molar-refractivity contribution in [1.29, 1.82) is 0 Å². The summed E-state index contributed by atoms with van der Waals surface area (Å²) in [4.78, 5) is 22.9. The Balaban J connectivity index is 1.46. The molecule has 8 heteroatoms. The molecule has 0 spiro atoms. The second-order valence-electron chi connectivity index (χ2n) is 7.75. The van der Waals surface area contributed by atoms with E-state index in [-0.39, 0.29) is 23.3 Å². The fourth-order valence-corrected chi connectivity index (χ4v) is 4.45. The van der Waals surface area contributed by atoms with Crippen molar-refractivity contribution in [2.24, 2.45) is 5.92 Å². The molecule has 1 aliphatic heterocycles. The summed E-state index contributed by atoms with van der Waals surface area (Å²) in [6.07, 6.45) is 6.91. The third-order valence-corrected chi connectivity index (χ3v) is 5.96. The van der Waals surface area contributed by atoms with E-state index in [1.807, 2.05) is 4.90 Å². The highest BCUT2D eigenvalue weighted by Gasteiger charge is 2.28. The summed E-state index contributed by atoms with van der Waals surface area (Å²) < 4.78 is 27.9. The molecule has 0 N–H and O–H groups in total. The summed E-state index contributed by atoms with van der Waals surface area (Å²) in [6, 6.07) is 1.42. The Hall–Kier alpha value is -2.12. The molecule has 6 nitrogen and oxygen atoms in total. The Morgan fingerprint density at radius 1 is 1.22 bits per heavy atom. The van der Waals surface area contributed by atoms with E-state index in [1.54, 1.807) is 0 Å². The van der Waals surface area contributed by atoms with Crippen LogP contribution in [0.3, 0.4) is 0 Å². The molecule has 2 aliphatic rings. The molecule has 146 valence electrons. The first-order chi connectivity index (χ1) is 13.1. The van der Waals surface area contributed by atoms with Crippen molar-refractivity contribution in [3.05, 3.63) is 23.8 Å². The molecule has 1 saturated carbocycles. The van der Waals surface area contributed by atoms with Crippen LogP contribution in [0.5, 0.6) is 0 Å². The van der Waals surface area contributed by atoms with Gasteiger partial charge in [-0.3, -0.25) is 4.79 Å². The van der Waals surface area contributed by atoms with E-state index in [4.69, 9.17) is 0 Å². The standard InChI is InChI=1S/C19H25F2N5O/c20-18(21)16-10-15(24-19-22-12-23-26(16)19)14-6-3-9-25(11-14)17(27)8-7-13-4-1-2-5-13/h10,12-14,18H,1-9,11H2/t14-/m0/s1. The summed E-state index contributed by atoms with van der Waals surface area (Å²) in [7, 11) is 0. The predicted molar refractivity (Wildman–Crippen MR) is 95.5 cm³/mol. The van der Waals surface area contributed by atoms with E-state index in [0.717, 1.165) is 30.3 Å². The van der Waals surface area contributed by atoms with E-state index in [1.165, 1.54) is 38.1 Å². The van der Waals surface area contributed by atoms with Gasteiger partial charge >= 0.3 is 0 Å². The Morgan fingerprint density at radius 2 is 2.04 bits per heavy atom. The molecule has 3 heterocycles. The highest BCUT2D eigenvalue weighted by Crippen LogP contribution is 2.31. The van der Waals surface area contributed by atoms with Gasteiger partial charge in [-0.1, -0.05) is 25.7 Å². The minimum atomic E-state index is -2.65. The Kier molecular flexibility index (Phi) is 5.31. The topological polar surface area (TPSA) is 63.4 Å². The molecule has 4 rings (SSSR count). The van der Waals surface area contributed by atoms with Gasteiger partial charge in [-0.25, -0.2) is 13.8 Å². The second-order valence-corrected chi connectivity index (χ2v) is 7.75. The Morgan fingerprint density at radius 3 is 2.81 bits per heavy atom. The zero-order chi connectivity index (χ0) is 18.8. The number of carbonyl (C=O) groups is 1. The van der Waals surface area contributed by atoms with Crippen LogP contribution in [0.2, 0.25) is 0 Å². The smallest absolute Gasteiger partial charge is 0.280 e. The van der Waals surface area contributed by atoms with Crippen molar-refractivity contribution in [2.75, 3.05) is 13.1 Å². The van der Waals surface area contributed by atoms with Gasteiger partial charge in [0.1, 0.15) is 12.0 Å². The summed E-state index contributed by atoms with van der Waals surface area (Å²) in [6.45, 7) is 1.29. The van der Waals surface area contributed by atoms with Gasteiger partial charge in [-0.2, -0.15) is 14.6 Å². The van der Waals surface area contributed by atoms with Crippen LogP contribution in [0.4, 0.5) is 8.78 Å². The lowest BCUT2D eigenvalue weighted by Crippen LogP contribution is -2.39. The van der Waals surface area contributed by atoms with E-state index >= 15 is 0 Å². The molecule has 1 atom stereocenters. The van der Waals surface area contributed by atoms with Crippen LogP contribution in [0.15, 0.2) is 12.4 Å². The first kappa shape index (κ1) is 18.3. The second kappa shape index (κ2) is 7.86. The van der Waals surface area contributed by atoms with Gasteiger partial charge in [0.15, 0.2) is 0 Å². The van der Waals surface area contributed by atoms with Crippen LogP contribution in [-0.2, 0) is 4.79 Å². The molecule has 27 heavy (non-hydrogen) atoms. The number of aromatic nitrogens is 4. The third-order valence-electron chi connectivity index (χ3n) is 5.96. The highest BCUT2D eigenvalue weighted by molar-refractivity contribution is 5.76. The van der Waals surface area contributed by atoms with Crippen LogP contribution in [0.25, 0.3) is 5.78 Å². The number of rotatable bonds is 5. The van der Waals surface area contributed by atoms with Crippen LogP contribution in [-0.4, -0.2) is 43.5 Å². The largest absolute Gasteiger partial charge is 0.342 e. The Bertz CT molecular complexity index is 802. The lowest BCUT2D eigenvalue weighted by Gasteiger charge is -2.33. The maximum Gasteiger partial charge on any atom is 0.280 e. The normalized spacial score (nSPS) is 21.4. The van der Waals surface area contributed by atoms with Crippen LogP contribution in [0.1, 0.15) is 75.1 Å². The molecule has 0 aromatic carbocycles. The number of alkyl halides is 2. The summed E-state index contributed by atoms with van der Waals surface area (Å²) >= 11 is 0. The number of carbonyl (C=O) groups excluding carboxylic acids is 1. The Labute approximate surface area is 157 Å². The molecule has 2 aromatic rings. The number of likely N-dealkylation sites (tertiary alicyclic amines) is 1. The van der Waals surface area contributed by atoms with Gasteiger partial charge in [-0.15, -0.1) is 0 Å². The third kappa shape index (κ3) is 3.94. The number of nitrogens with zero attached hydrogens (tertiary/aromatic N) is 5. The predicted octanol–water partition coefficient (Wildman–Crippen LogP) is 3.74. The molecular weight excluding hydrogens is 352 g/mol. The van der Waals surface area contributed by atoms with Gasteiger partial charge in [0.25, 0.3) is 12.2 Å². The fourth-order valence-electron chi connectivity index (χ4n) is 4.45. The van der Waals surface area contributed by atoms with Gasteiger partial charge < -0.3 is 4.90 Å². The number of fused-ring (bicyclic) bond motifs is 1. The number of hydrogen-bond acceptors (Lipinski definition) is 4. The molecule has 1 saturated heterocycles. The van der Waals surface area contributed by atoms with Crippen molar-refractivity contribution in [3.8, 4) is 0 Å². The quantitative estimate of drug-likeness (QED) is 0.796. The van der Waals surface area contributed by atoms with E-state index < -0.39 is 6.43 Å². The van der Waals surface area contributed by atoms with Crippen LogP contribution >= 0.6 is 0 Å². The highest BCUT2D eigenvalue weighted by atomic mass is 19.3. The molecule has 1 amide bonds. The maximum absolute atomic E-state index is 13.4. The van der Waals surface area contributed by atoms with Crippen LogP contribution < -0.4 is 0 Å². The lowest BCUT2D eigenvalue weighted by atomic mass is 9.93. The van der Waals surface area contributed by atoms with Crippen molar-refractivity contribution in [1.82, 2.24) is 24.5 Å². The monoisotopic (exact) mass is 377 g/mol. The number of halogens is 2. The van der Waals surface area contributed by atoms with Crippen LogP contribution in [0, 0.1) is 5.92 Å². The average molecular weight is 377 g/mol. The van der Waals surface area contributed by atoms with Gasteiger partial charge in [0.2, 0.25) is 5.91 Å². The van der Waals surface area contributed by atoms with Crippen molar-refractivity contribution >= 4 is 11.7 Å². The first-order valence-corrected chi connectivity index (χ1v) is 9.88. The van der Waals surface area contributed by atoms with Crippen molar-refractivity contribution in [3.63, 3.8) is 0 Å². The number of piperidine rings is 1. The zero-order valence-electron chi connectivity index (χ0n) is 15.4. The molecule has 1 aliphatic carbocycles. The zero-order valence-corrected chi connectivity index (χ0v) is 15.4. The SMILES string of the molecule is O=C(CCC1CCCC1)N1CCC[C@H](c2cc(C(F)F)n3ncnc3n2)C1. The summed E-state index contributed by atoms with van der Waals surface area (Å²) in [5, 5.41) is 3.83. The molecule has 2 fully saturated rings. The lowest BCUT2D eigenvalue weighted by molar-refractivity contribution is -0.132. The fraction of sp³-hybridized carbons (Fsp3) is 0.684.